The van der Waals surface area contributed by atoms with Gasteiger partial charge in [-0.2, -0.15) is 0 Å². The van der Waals surface area contributed by atoms with Gasteiger partial charge < -0.3 is 9.30 Å². The van der Waals surface area contributed by atoms with E-state index in [2.05, 4.69) is 0 Å². The number of aromatic nitrogens is 1. The van der Waals surface area contributed by atoms with Crippen LogP contribution in [0.2, 0.25) is 0 Å². The molecule has 1 amide bonds. The largest absolute Gasteiger partial charge is 0.468 e. The lowest BCUT2D eigenvalue weighted by atomic mass is 10.1. The highest BCUT2D eigenvalue weighted by Gasteiger charge is 2.33. The van der Waals surface area contributed by atoms with Gasteiger partial charge in [0.1, 0.15) is 6.54 Å². The van der Waals surface area contributed by atoms with Crippen LogP contribution in [0.5, 0.6) is 0 Å². The van der Waals surface area contributed by atoms with E-state index in [1.807, 2.05) is 102 Å². The van der Waals surface area contributed by atoms with Crippen LogP contribution in [-0.2, 0) is 27.4 Å². The fourth-order valence-corrected chi connectivity index (χ4v) is 4.96. The summed E-state index contributed by atoms with van der Waals surface area (Å²) in [6, 6.07) is 27.3. The number of esters is 1. The van der Waals surface area contributed by atoms with Crippen molar-refractivity contribution in [2.24, 2.45) is 4.99 Å². The monoisotopic (exact) mass is 481 g/mol. The molecule has 0 atom stereocenters. The zero-order chi connectivity index (χ0) is 24.2. The van der Waals surface area contributed by atoms with Gasteiger partial charge in [0.15, 0.2) is 5.17 Å². The highest BCUT2D eigenvalue weighted by Crippen LogP contribution is 2.36. The number of hydrogen-bond donors (Lipinski definition) is 0. The Hall–Kier alpha value is -4.10. The van der Waals surface area contributed by atoms with Gasteiger partial charge in [-0.15, -0.1) is 0 Å². The predicted molar refractivity (Wildman–Crippen MR) is 140 cm³/mol. The first-order valence-corrected chi connectivity index (χ1v) is 12.0. The zero-order valence-electron chi connectivity index (χ0n) is 19.1. The van der Waals surface area contributed by atoms with Crippen molar-refractivity contribution in [2.75, 3.05) is 7.11 Å². The number of para-hydroxylation sites is 2. The number of carbonyl (C=O) groups excluding carboxylic acids is 2. The molecule has 1 saturated heterocycles. The Morgan fingerprint density at radius 3 is 2.40 bits per heavy atom. The maximum Gasteiger partial charge on any atom is 0.325 e. The van der Waals surface area contributed by atoms with E-state index in [0.717, 1.165) is 27.7 Å². The van der Waals surface area contributed by atoms with Crippen molar-refractivity contribution >= 4 is 51.5 Å². The maximum absolute atomic E-state index is 13.6. The van der Waals surface area contributed by atoms with E-state index < -0.39 is 0 Å². The average Bonchev–Trinajstić information content (AvgIpc) is 3.37. The molecular formula is C28H23N3O3S. The number of fused-ring (bicyclic) bond motifs is 1. The van der Waals surface area contributed by atoms with Gasteiger partial charge in [-0.1, -0.05) is 66.7 Å². The fourth-order valence-electron chi connectivity index (χ4n) is 3.98. The van der Waals surface area contributed by atoms with E-state index in [9.17, 15) is 9.59 Å². The van der Waals surface area contributed by atoms with Crippen LogP contribution in [0, 0.1) is 0 Å². The molecule has 7 heteroatoms. The molecule has 5 rings (SSSR count). The van der Waals surface area contributed by atoms with Crippen molar-refractivity contribution in [2.45, 2.75) is 13.1 Å². The lowest BCUT2D eigenvalue weighted by Gasteiger charge is -2.15. The smallest absolute Gasteiger partial charge is 0.325 e. The summed E-state index contributed by atoms with van der Waals surface area (Å²) >= 11 is 1.36. The number of amides is 1. The highest BCUT2D eigenvalue weighted by molar-refractivity contribution is 8.18. The van der Waals surface area contributed by atoms with Crippen molar-refractivity contribution < 1.29 is 14.3 Å². The van der Waals surface area contributed by atoms with Crippen molar-refractivity contribution in [3.05, 3.63) is 107 Å². The van der Waals surface area contributed by atoms with Crippen LogP contribution < -0.4 is 0 Å². The molecule has 1 aliphatic rings. The van der Waals surface area contributed by atoms with Crippen molar-refractivity contribution in [3.63, 3.8) is 0 Å². The third-order valence-electron chi connectivity index (χ3n) is 5.69. The molecule has 0 unspecified atom stereocenters. The van der Waals surface area contributed by atoms with E-state index in [1.165, 1.54) is 18.9 Å². The standard InChI is InChI=1S/C28H23N3O3S/c1-34-26(32)19-30-18-21(23-14-8-9-15-24(23)30)16-25-27(33)31(17-20-10-4-2-5-11-20)28(35-25)29-22-12-6-3-7-13-22/h2-16,18H,17,19H2,1H3/b25-16-,29-28?. The minimum Gasteiger partial charge on any atom is -0.468 e. The molecule has 1 aliphatic heterocycles. The zero-order valence-corrected chi connectivity index (χ0v) is 19.9. The quantitative estimate of drug-likeness (QED) is 0.265. The molecule has 35 heavy (non-hydrogen) atoms. The highest BCUT2D eigenvalue weighted by atomic mass is 32.2. The van der Waals surface area contributed by atoms with Gasteiger partial charge in [-0.25, -0.2) is 4.99 Å². The number of thioether (sulfide) groups is 1. The third kappa shape index (κ3) is 4.90. The number of hydrogen-bond acceptors (Lipinski definition) is 5. The van der Waals surface area contributed by atoms with Crippen molar-refractivity contribution in [1.82, 2.24) is 9.47 Å². The second-order valence-corrected chi connectivity index (χ2v) is 9.03. The summed E-state index contributed by atoms with van der Waals surface area (Å²) in [6.45, 7) is 0.530. The Kier molecular flexibility index (Phi) is 6.50. The topological polar surface area (TPSA) is 63.9 Å². The van der Waals surface area contributed by atoms with Crippen LogP contribution >= 0.6 is 11.8 Å². The molecular weight excluding hydrogens is 458 g/mol. The first kappa shape index (κ1) is 22.7. The lowest BCUT2D eigenvalue weighted by molar-refractivity contribution is -0.141. The van der Waals surface area contributed by atoms with Crippen molar-refractivity contribution in [3.8, 4) is 0 Å². The van der Waals surface area contributed by atoms with Gasteiger partial charge in [0.2, 0.25) is 0 Å². The number of rotatable bonds is 6. The van der Waals surface area contributed by atoms with E-state index in [0.29, 0.717) is 16.6 Å². The molecule has 6 nitrogen and oxygen atoms in total. The van der Waals surface area contributed by atoms with Gasteiger partial charge in [0, 0.05) is 22.7 Å². The lowest BCUT2D eigenvalue weighted by Crippen LogP contribution is -2.28. The van der Waals surface area contributed by atoms with Crippen LogP contribution in [0.1, 0.15) is 11.1 Å². The van der Waals surface area contributed by atoms with E-state index in [1.54, 1.807) is 4.90 Å². The van der Waals surface area contributed by atoms with Gasteiger partial charge >= 0.3 is 5.97 Å². The fraction of sp³-hybridized carbons (Fsp3) is 0.107. The molecule has 0 aliphatic carbocycles. The Bertz CT molecular complexity index is 1440. The normalized spacial score (nSPS) is 15.9. The van der Waals surface area contributed by atoms with Gasteiger partial charge in [0.25, 0.3) is 5.91 Å². The summed E-state index contributed by atoms with van der Waals surface area (Å²) in [7, 11) is 1.37. The Labute approximate surface area is 207 Å². The Morgan fingerprint density at radius 2 is 1.66 bits per heavy atom. The number of aliphatic imine (C=N–C) groups is 1. The second kappa shape index (κ2) is 10.0. The SMILES string of the molecule is COC(=O)Cn1cc(/C=C2\SC(=Nc3ccccc3)N(Cc3ccccc3)C2=O)c2ccccc21. The predicted octanol–water partition coefficient (Wildman–Crippen LogP) is 5.62. The molecule has 4 aromatic rings. The summed E-state index contributed by atoms with van der Waals surface area (Å²) in [5, 5.41) is 1.59. The minimum atomic E-state index is -0.331. The van der Waals surface area contributed by atoms with E-state index in [-0.39, 0.29) is 18.4 Å². The number of amidine groups is 1. The number of benzene rings is 3. The number of ether oxygens (including phenoxy) is 1. The molecule has 1 aromatic heterocycles. The number of carbonyl (C=O) groups is 2. The molecule has 1 fully saturated rings. The minimum absolute atomic E-state index is 0.0988. The summed E-state index contributed by atoms with van der Waals surface area (Å²) in [4.78, 5) is 32.6. The first-order chi connectivity index (χ1) is 17.1. The summed E-state index contributed by atoms with van der Waals surface area (Å²) < 4.78 is 6.69. The molecule has 0 saturated carbocycles. The maximum atomic E-state index is 13.6. The number of nitrogens with zero attached hydrogens (tertiary/aromatic N) is 3. The molecule has 174 valence electrons. The first-order valence-electron chi connectivity index (χ1n) is 11.2. The third-order valence-corrected chi connectivity index (χ3v) is 6.69. The van der Waals surface area contributed by atoms with Crippen LogP contribution in [0.15, 0.2) is 101 Å². The molecule has 0 spiro atoms. The van der Waals surface area contributed by atoms with Gasteiger partial charge in [0.05, 0.1) is 24.2 Å². The average molecular weight is 482 g/mol. The van der Waals surface area contributed by atoms with Crippen LogP contribution in [0.4, 0.5) is 5.69 Å². The Morgan fingerprint density at radius 1 is 0.971 bits per heavy atom. The molecule has 0 radical (unpaired) electrons. The molecule has 2 heterocycles. The van der Waals surface area contributed by atoms with E-state index >= 15 is 0 Å². The summed E-state index contributed by atoms with van der Waals surface area (Å²) in [5.74, 6) is -0.430. The van der Waals surface area contributed by atoms with Crippen molar-refractivity contribution in [1.29, 1.82) is 0 Å². The van der Waals surface area contributed by atoms with Gasteiger partial charge in [-0.3, -0.25) is 14.5 Å². The number of methoxy groups -OCH3 is 1. The Balaban J connectivity index is 1.54. The molecule has 0 bridgehead atoms. The molecule has 0 N–H and O–H groups in total. The molecule has 3 aromatic carbocycles. The summed E-state index contributed by atoms with van der Waals surface area (Å²) in [6.07, 6.45) is 3.77. The van der Waals surface area contributed by atoms with Crippen LogP contribution in [-0.4, -0.2) is 33.6 Å². The summed E-state index contributed by atoms with van der Waals surface area (Å²) in [5.41, 5.74) is 3.58. The van der Waals surface area contributed by atoms with E-state index in [4.69, 9.17) is 9.73 Å². The van der Waals surface area contributed by atoms with Crippen LogP contribution in [0.25, 0.3) is 17.0 Å². The second-order valence-electron chi connectivity index (χ2n) is 8.02. The van der Waals surface area contributed by atoms with Crippen LogP contribution in [0.3, 0.4) is 0 Å². The van der Waals surface area contributed by atoms with Gasteiger partial charge in [-0.05, 0) is 41.6 Å².